The molecule has 0 saturated carbocycles. The summed E-state index contributed by atoms with van der Waals surface area (Å²) < 4.78 is 15.6. The molecular formula is C13H19NO4. The van der Waals surface area contributed by atoms with Gasteiger partial charge in [-0.15, -0.1) is 0 Å². The fourth-order valence-electron chi connectivity index (χ4n) is 1.48. The summed E-state index contributed by atoms with van der Waals surface area (Å²) in [5.41, 5.74) is 6.07. The summed E-state index contributed by atoms with van der Waals surface area (Å²) in [5, 5.41) is 0. The Bertz CT molecular complexity index is 449. The zero-order valence-electron chi connectivity index (χ0n) is 11.4. The van der Waals surface area contributed by atoms with Crippen LogP contribution in [0, 0.1) is 0 Å². The molecule has 0 bridgehead atoms. The van der Waals surface area contributed by atoms with Crippen molar-refractivity contribution in [2.75, 3.05) is 20.0 Å². The summed E-state index contributed by atoms with van der Waals surface area (Å²) in [6.07, 6.45) is 0. The average molecular weight is 253 g/mol. The van der Waals surface area contributed by atoms with E-state index in [4.69, 9.17) is 15.2 Å². The van der Waals surface area contributed by atoms with E-state index in [1.807, 2.05) is 20.8 Å². The number of methoxy groups -OCH3 is 2. The van der Waals surface area contributed by atoms with Gasteiger partial charge >= 0.3 is 5.97 Å². The van der Waals surface area contributed by atoms with Crippen LogP contribution < -0.4 is 15.2 Å². The first-order chi connectivity index (χ1) is 8.28. The molecule has 0 aromatic heterocycles. The molecule has 0 heterocycles. The quantitative estimate of drug-likeness (QED) is 0.660. The van der Waals surface area contributed by atoms with Gasteiger partial charge in [-0.2, -0.15) is 0 Å². The van der Waals surface area contributed by atoms with Crippen LogP contribution in [0.3, 0.4) is 0 Å². The number of ether oxygens (including phenoxy) is 3. The molecule has 0 aliphatic carbocycles. The minimum absolute atomic E-state index is 0.329. The molecule has 0 atom stereocenters. The maximum absolute atomic E-state index is 11.5. The van der Waals surface area contributed by atoms with Gasteiger partial charge in [-0.05, 0) is 32.9 Å². The number of rotatable bonds is 3. The largest absolute Gasteiger partial charge is 0.491 e. The number of nitrogens with two attached hydrogens (primary N) is 1. The summed E-state index contributed by atoms with van der Waals surface area (Å²) in [6, 6.07) is 3.06. The molecule has 18 heavy (non-hydrogen) atoms. The lowest BCUT2D eigenvalue weighted by Crippen LogP contribution is -2.23. The van der Waals surface area contributed by atoms with Crippen LogP contribution in [-0.2, 0) is 4.74 Å². The van der Waals surface area contributed by atoms with Crippen molar-refractivity contribution in [3.05, 3.63) is 17.7 Å². The highest BCUT2D eigenvalue weighted by atomic mass is 16.5. The number of hydrogen-bond donors (Lipinski definition) is 1. The Kier molecular flexibility index (Phi) is 4.06. The van der Waals surface area contributed by atoms with Gasteiger partial charge in [0.05, 0.1) is 25.5 Å². The van der Waals surface area contributed by atoms with Crippen LogP contribution >= 0.6 is 0 Å². The summed E-state index contributed by atoms with van der Waals surface area (Å²) in [6.45, 7) is 5.69. The second kappa shape index (κ2) is 5.16. The molecule has 5 heteroatoms. The van der Waals surface area contributed by atoms with Gasteiger partial charge in [0.2, 0.25) is 0 Å². The molecule has 0 aliphatic rings. The predicted octanol–water partition coefficient (Wildman–Crippen LogP) is 2.24. The molecule has 0 spiro atoms. The van der Waals surface area contributed by atoms with Gasteiger partial charge in [0.15, 0.2) is 11.5 Å². The van der Waals surface area contributed by atoms with Crippen molar-refractivity contribution in [3.63, 3.8) is 0 Å². The molecule has 1 aromatic rings. The van der Waals surface area contributed by atoms with Gasteiger partial charge in [-0.25, -0.2) is 4.79 Å². The number of carbonyl (C=O) groups is 1. The van der Waals surface area contributed by atoms with Gasteiger partial charge in [0.1, 0.15) is 5.60 Å². The Morgan fingerprint density at radius 1 is 1.22 bits per heavy atom. The van der Waals surface area contributed by atoms with Gasteiger partial charge < -0.3 is 19.9 Å². The van der Waals surface area contributed by atoms with E-state index in [-0.39, 0.29) is 0 Å². The number of hydrogen-bond acceptors (Lipinski definition) is 5. The lowest BCUT2D eigenvalue weighted by Gasteiger charge is -2.23. The van der Waals surface area contributed by atoms with E-state index in [1.54, 1.807) is 6.07 Å². The minimum atomic E-state index is -0.469. The monoisotopic (exact) mass is 253 g/mol. The van der Waals surface area contributed by atoms with Gasteiger partial charge in [-0.1, -0.05) is 0 Å². The van der Waals surface area contributed by atoms with E-state index in [0.717, 1.165) is 0 Å². The van der Waals surface area contributed by atoms with E-state index in [0.29, 0.717) is 22.7 Å². The summed E-state index contributed by atoms with van der Waals surface area (Å²) in [5.74, 6) is 0.367. The van der Waals surface area contributed by atoms with Crippen LogP contribution in [0.4, 0.5) is 5.69 Å². The van der Waals surface area contributed by atoms with Crippen molar-refractivity contribution in [2.24, 2.45) is 0 Å². The van der Waals surface area contributed by atoms with Crippen molar-refractivity contribution in [1.29, 1.82) is 0 Å². The van der Waals surface area contributed by atoms with E-state index in [9.17, 15) is 4.79 Å². The normalized spacial score (nSPS) is 10.9. The Morgan fingerprint density at radius 2 is 1.83 bits per heavy atom. The second-order valence-corrected chi connectivity index (χ2v) is 4.80. The fraction of sp³-hybridized carbons (Fsp3) is 0.462. The lowest BCUT2D eigenvalue weighted by atomic mass is 10.1. The lowest BCUT2D eigenvalue weighted by molar-refractivity contribution is 0.0598. The zero-order chi connectivity index (χ0) is 13.9. The van der Waals surface area contributed by atoms with Gasteiger partial charge in [0, 0.05) is 0 Å². The van der Waals surface area contributed by atoms with Crippen molar-refractivity contribution in [2.45, 2.75) is 26.4 Å². The SMILES string of the molecule is COC(=O)c1cc(N)c(OC)c(OC(C)(C)C)c1. The highest BCUT2D eigenvalue weighted by Gasteiger charge is 2.20. The Labute approximate surface area is 107 Å². The maximum atomic E-state index is 11.5. The molecule has 0 aliphatic heterocycles. The van der Waals surface area contributed by atoms with E-state index < -0.39 is 11.6 Å². The molecule has 1 aromatic carbocycles. The molecule has 0 amide bonds. The molecular weight excluding hydrogens is 234 g/mol. The highest BCUT2D eigenvalue weighted by molar-refractivity contribution is 5.92. The maximum Gasteiger partial charge on any atom is 0.338 e. The van der Waals surface area contributed by atoms with Crippen molar-refractivity contribution in [1.82, 2.24) is 0 Å². The average Bonchev–Trinajstić information content (AvgIpc) is 2.25. The van der Waals surface area contributed by atoms with Crippen molar-refractivity contribution >= 4 is 11.7 Å². The first-order valence-electron chi connectivity index (χ1n) is 5.53. The summed E-state index contributed by atoms with van der Waals surface area (Å²) in [4.78, 5) is 11.5. The van der Waals surface area contributed by atoms with Crippen LogP contribution in [0.5, 0.6) is 11.5 Å². The Hall–Kier alpha value is -1.91. The number of esters is 1. The molecule has 0 unspecified atom stereocenters. The summed E-state index contributed by atoms with van der Waals surface area (Å²) >= 11 is 0. The Morgan fingerprint density at radius 3 is 2.28 bits per heavy atom. The third-order valence-electron chi connectivity index (χ3n) is 2.12. The molecule has 100 valence electrons. The first-order valence-corrected chi connectivity index (χ1v) is 5.53. The fourth-order valence-corrected chi connectivity index (χ4v) is 1.48. The number of benzene rings is 1. The highest BCUT2D eigenvalue weighted by Crippen LogP contribution is 2.36. The first kappa shape index (κ1) is 14.2. The third kappa shape index (κ3) is 3.29. The number of nitrogen functional groups attached to an aromatic ring is 1. The molecule has 0 saturated heterocycles. The molecule has 2 N–H and O–H groups in total. The molecule has 1 rings (SSSR count). The summed E-state index contributed by atoms with van der Waals surface area (Å²) in [7, 11) is 2.81. The van der Waals surface area contributed by atoms with Crippen molar-refractivity contribution < 1.29 is 19.0 Å². The van der Waals surface area contributed by atoms with Crippen LogP contribution in [0.25, 0.3) is 0 Å². The number of anilines is 1. The molecule has 0 fully saturated rings. The minimum Gasteiger partial charge on any atom is -0.491 e. The zero-order valence-corrected chi connectivity index (χ0v) is 11.4. The molecule has 0 radical (unpaired) electrons. The van der Waals surface area contributed by atoms with Crippen molar-refractivity contribution in [3.8, 4) is 11.5 Å². The van der Waals surface area contributed by atoms with Crippen LogP contribution in [0.2, 0.25) is 0 Å². The van der Waals surface area contributed by atoms with E-state index >= 15 is 0 Å². The van der Waals surface area contributed by atoms with Crippen LogP contribution in [0.15, 0.2) is 12.1 Å². The molecule has 5 nitrogen and oxygen atoms in total. The topological polar surface area (TPSA) is 70.8 Å². The smallest absolute Gasteiger partial charge is 0.338 e. The van der Waals surface area contributed by atoms with E-state index in [1.165, 1.54) is 20.3 Å². The van der Waals surface area contributed by atoms with E-state index in [2.05, 4.69) is 4.74 Å². The number of carbonyl (C=O) groups excluding carboxylic acids is 1. The Balaban J connectivity index is 3.28. The predicted molar refractivity (Wildman–Crippen MR) is 69.1 cm³/mol. The standard InChI is InChI=1S/C13H19NO4/c1-13(2,3)18-10-7-8(12(15)17-5)6-9(14)11(10)16-4/h6-7H,14H2,1-5H3. The van der Waals surface area contributed by atoms with Gasteiger partial charge in [-0.3, -0.25) is 0 Å². The second-order valence-electron chi connectivity index (χ2n) is 4.80. The van der Waals surface area contributed by atoms with Gasteiger partial charge in [0.25, 0.3) is 0 Å². The van der Waals surface area contributed by atoms with Crippen LogP contribution in [-0.4, -0.2) is 25.8 Å². The third-order valence-corrected chi connectivity index (χ3v) is 2.12. The van der Waals surface area contributed by atoms with Crippen LogP contribution in [0.1, 0.15) is 31.1 Å².